The summed E-state index contributed by atoms with van der Waals surface area (Å²) in [6, 6.07) is 8.37. The van der Waals surface area contributed by atoms with Crippen LogP contribution in [0.4, 0.5) is 0 Å². The Morgan fingerprint density at radius 2 is 1.96 bits per heavy atom. The lowest BCUT2D eigenvalue weighted by Gasteiger charge is -2.05. The lowest BCUT2D eigenvalue weighted by atomic mass is 10.1. The van der Waals surface area contributed by atoms with Crippen LogP contribution >= 0.6 is 0 Å². The summed E-state index contributed by atoms with van der Waals surface area (Å²) >= 11 is 0. The molecule has 0 saturated heterocycles. The van der Waals surface area contributed by atoms with E-state index in [2.05, 4.69) is 10.4 Å². The van der Waals surface area contributed by atoms with Crippen LogP contribution in [0.25, 0.3) is 6.08 Å². The van der Waals surface area contributed by atoms with E-state index in [1.807, 2.05) is 24.6 Å². The number of amides is 1. The summed E-state index contributed by atoms with van der Waals surface area (Å²) in [6.45, 7) is 5.30. The van der Waals surface area contributed by atoms with Crippen molar-refractivity contribution in [1.29, 1.82) is 0 Å². The maximum Gasteiger partial charge on any atom is 0.335 e. The molecule has 2 aromatic rings. The summed E-state index contributed by atoms with van der Waals surface area (Å²) in [5.74, 6) is -1.14. The zero-order chi connectivity index (χ0) is 17.5. The molecule has 0 aliphatic heterocycles. The highest BCUT2D eigenvalue weighted by molar-refractivity contribution is 5.92. The molecule has 0 bridgehead atoms. The van der Waals surface area contributed by atoms with E-state index < -0.39 is 5.97 Å². The first-order valence-electron chi connectivity index (χ1n) is 7.76. The van der Waals surface area contributed by atoms with Gasteiger partial charge >= 0.3 is 5.97 Å². The van der Waals surface area contributed by atoms with Gasteiger partial charge in [0.15, 0.2) is 0 Å². The number of aromatic nitrogens is 2. The van der Waals surface area contributed by atoms with Crippen molar-refractivity contribution in [3.63, 3.8) is 0 Å². The minimum absolute atomic E-state index is 0.175. The number of carbonyl (C=O) groups is 2. The molecule has 1 amide bonds. The number of carbonyl (C=O) groups excluding carboxylic acids is 1. The average Bonchev–Trinajstić information content (AvgIpc) is 2.87. The van der Waals surface area contributed by atoms with Crippen LogP contribution in [0.3, 0.4) is 0 Å². The van der Waals surface area contributed by atoms with E-state index >= 15 is 0 Å². The fourth-order valence-corrected chi connectivity index (χ4v) is 2.31. The minimum atomic E-state index is -0.967. The summed E-state index contributed by atoms with van der Waals surface area (Å²) in [6.07, 6.45) is 3.90. The van der Waals surface area contributed by atoms with Crippen molar-refractivity contribution in [1.82, 2.24) is 15.1 Å². The van der Waals surface area contributed by atoms with Crippen LogP contribution in [-0.4, -0.2) is 33.3 Å². The highest BCUT2D eigenvalue weighted by Crippen LogP contribution is 2.06. The van der Waals surface area contributed by atoms with Crippen molar-refractivity contribution in [2.24, 2.45) is 0 Å². The Morgan fingerprint density at radius 1 is 1.25 bits per heavy atom. The fourth-order valence-electron chi connectivity index (χ4n) is 2.31. The Balaban J connectivity index is 1.74. The van der Waals surface area contributed by atoms with E-state index in [4.69, 9.17) is 5.11 Å². The lowest BCUT2D eigenvalue weighted by molar-refractivity contribution is -0.116. The molecule has 0 atom stereocenters. The van der Waals surface area contributed by atoms with Gasteiger partial charge in [0.25, 0.3) is 0 Å². The predicted octanol–water partition coefficient (Wildman–Crippen LogP) is 2.42. The van der Waals surface area contributed by atoms with E-state index in [0.29, 0.717) is 6.54 Å². The number of rotatable bonds is 7. The molecule has 2 rings (SSSR count). The fraction of sp³-hybridized carbons (Fsp3) is 0.278. The normalized spacial score (nSPS) is 10.9. The lowest BCUT2D eigenvalue weighted by Crippen LogP contribution is -2.23. The van der Waals surface area contributed by atoms with Gasteiger partial charge in [-0.05, 0) is 50.1 Å². The van der Waals surface area contributed by atoms with Crippen molar-refractivity contribution in [3.05, 3.63) is 58.9 Å². The van der Waals surface area contributed by atoms with Gasteiger partial charge in [0, 0.05) is 24.9 Å². The third-order valence-electron chi connectivity index (χ3n) is 3.53. The number of aryl methyl sites for hydroxylation is 3. The van der Waals surface area contributed by atoms with Crippen LogP contribution in [0.15, 0.2) is 36.4 Å². The predicted molar refractivity (Wildman–Crippen MR) is 91.8 cm³/mol. The monoisotopic (exact) mass is 327 g/mol. The van der Waals surface area contributed by atoms with Crippen LogP contribution in [0.2, 0.25) is 0 Å². The maximum atomic E-state index is 11.8. The molecule has 24 heavy (non-hydrogen) atoms. The van der Waals surface area contributed by atoms with Crippen molar-refractivity contribution >= 4 is 18.0 Å². The second kappa shape index (κ2) is 8.10. The van der Waals surface area contributed by atoms with Crippen LogP contribution in [0.5, 0.6) is 0 Å². The van der Waals surface area contributed by atoms with Crippen LogP contribution in [-0.2, 0) is 11.3 Å². The van der Waals surface area contributed by atoms with Gasteiger partial charge in [0.05, 0.1) is 11.3 Å². The smallest absolute Gasteiger partial charge is 0.335 e. The van der Waals surface area contributed by atoms with Gasteiger partial charge in [-0.25, -0.2) is 4.79 Å². The molecule has 0 aliphatic rings. The van der Waals surface area contributed by atoms with Crippen molar-refractivity contribution in [2.75, 3.05) is 6.54 Å². The van der Waals surface area contributed by atoms with Gasteiger partial charge in [-0.15, -0.1) is 0 Å². The number of hydrogen-bond acceptors (Lipinski definition) is 3. The number of hydrogen-bond donors (Lipinski definition) is 2. The molecule has 6 nitrogen and oxygen atoms in total. The van der Waals surface area contributed by atoms with E-state index in [1.165, 1.54) is 18.2 Å². The zero-order valence-corrected chi connectivity index (χ0v) is 13.8. The van der Waals surface area contributed by atoms with Gasteiger partial charge < -0.3 is 10.4 Å². The average molecular weight is 327 g/mol. The Morgan fingerprint density at radius 3 is 2.54 bits per heavy atom. The third-order valence-corrected chi connectivity index (χ3v) is 3.53. The van der Waals surface area contributed by atoms with E-state index in [9.17, 15) is 9.59 Å². The largest absolute Gasteiger partial charge is 0.478 e. The molecular weight excluding hydrogens is 306 g/mol. The van der Waals surface area contributed by atoms with Crippen LogP contribution < -0.4 is 5.32 Å². The van der Waals surface area contributed by atoms with Crippen LogP contribution in [0, 0.1) is 13.8 Å². The molecule has 0 radical (unpaired) electrons. The molecule has 6 heteroatoms. The van der Waals surface area contributed by atoms with Gasteiger partial charge in [-0.1, -0.05) is 12.1 Å². The number of carboxylic acid groups (broad SMARTS) is 1. The van der Waals surface area contributed by atoms with Gasteiger partial charge in [0.2, 0.25) is 5.91 Å². The van der Waals surface area contributed by atoms with Gasteiger partial charge in [-0.3, -0.25) is 9.48 Å². The first-order valence-corrected chi connectivity index (χ1v) is 7.76. The number of benzene rings is 1. The first-order chi connectivity index (χ1) is 11.5. The molecule has 0 aliphatic carbocycles. The topological polar surface area (TPSA) is 84.2 Å². The molecule has 2 N–H and O–H groups in total. The Hall–Kier alpha value is -2.89. The maximum absolute atomic E-state index is 11.8. The SMILES string of the molecule is Cc1cc(C)n(CCCNC(=O)/C=C/c2ccc(C(=O)O)cc2)n1. The van der Waals surface area contributed by atoms with Crippen LogP contribution in [0.1, 0.15) is 33.7 Å². The van der Waals surface area contributed by atoms with E-state index in [0.717, 1.165) is 29.9 Å². The zero-order valence-electron chi connectivity index (χ0n) is 13.8. The second-order valence-electron chi connectivity index (χ2n) is 5.56. The first kappa shape index (κ1) is 17.5. The summed E-state index contributed by atoms with van der Waals surface area (Å²) in [7, 11) is 0. The third kappa shape index (κ3) is 5.08. The molecule has 0 saturated carbocycles. The Labute approximate surface area is 140 Å². The summed E-state index contributed by atoms with van der Waals surface area (Å²) < 4.78 is 1.93. The summed E-state index contributed by atoms with van der Waals surface area (Å²) in [5.41, 5.74) is 3.11. The van der Waals surface area contributed by atoms with Gasteiger partial charge in [0.1, 0.15) is 0 Å². The van der Waals surface area contributed by atoms with Crippen molar-refractivity contribution in [2.45, 2.75) is 26.8 Å². The molecule has 0 spiro atoms. The molecule has 0 unspecified atom stereocenters. The van der Waals surface area contributed by atoms with Crippen molar-refractivity contribution < 1.29 is 14.7 Å². The quantitative estimate of drug-likeness (QED) is 0.604. The van der Waals surface area contributed by atoms with Gasteiger partial charge in [-0.2, -0.15) is 5.10 Å². The molecule has 1 aromatic carbocycles. The number of nitrogens with one attached hydrogen (secondary N) is 1. The second-order valence-corrected chi connectivity index (χ2v) is 5.56. The molecule has 1 heterocycles. The number of carboxylic acids is 1. The highest BCUT2D eigenvalue weighted by atomic mass is 16.4. The standard InChI is InChI=1S/C18H21N3O3/c1-13-12-14(2)21(20-13)11-3-10-19-17(22)9-6-15-4-7-16(8-5-15)18(23)24/h4-9,12H,3,10-11H2,1-2H3,(H,19,22)(H,23,24)/b9-6+. The van der Waals surface area contributed by atoms with Crippen molar-refractivity contribution in [3.8, 4) is 0 Å². The summed E-state index contributed by atoms with van der Waals surface area (Å²) in [5, 5.41) is 16.0. The number of aromatic carboxylic acids is 1. The molecule has 0 fully saturated rings. The Kier molecular flexibility index (Phi) is 5.89. The molecular formula is C18H21N3O3. The summed E-state index contributed by atoms with van der Waals surface area (Å²) in [4.78, 5) is 22.5. The minimum Gasteiger partial charge on any atom is -0.478 e. The van der Waals surface area contributed by atoms with E-state index in [-0.39, 0.29) is 11.5 Å². The number of nitrogens with zero attached hydrogens (tertiary/aromatic N) is 2. The molecule has 1 aromatic heterocycles. The molecule has 126 valence electrons. The Bertz CT molecular complexity index is 745. The van der Waals surface area contributed by atoms with E-state index in [1.54, 1.807) is 18.2 Å². The highest BCUT2D eigenvalue weighted by Gasteiger charge is 2.02.